The molecule has 1 rings (SSSR count). The Hall–Kier alpha value is -1.07. The Kier molecular flexibility index (Phi) is 6.87. The van der Waals surface area contributed by atoms with E-state index < -0.39 is 0 Å². The van der Waals surface area contributed by atoms with Crippen LogP contribution in [0, 0.1) is 0 Å². The van der Waals surface area contributed by atoms with Gasteiger partial charge in [0.15, 0.2) is 0 Å². The number of amides is 1. The van der Waals surface area contributed by atoms with Crippen molar-refractivity contribution in [2.24, 2.45) is 0 Å². The Morgan fingerprint density at radius 1 is 1.37 bits per heavy atom. The molecule has 4 nitrogen and oxygen atoms in total. The average Bonchev–Trinajstić information content (AvgIpc) is 2.34. The second-order valence-corrected chi connectivity index (χ2v) is 5.44. The first-order valence-electron chi connectivity index (χ1n) is 6.43. The van der Waals surface area contributed by atoms with Crippen molar-refractivity contribution in [1.29, 1.82) is 0 Å². The maximum absolute atomic E-state index is 12.1. The normalized spacial score (nSPS) is 10.6. The standard InChI is InChI=1S/C14H21BrN2O2/c1-10(2)19-13-9-11(15)5-6-12(13)14(18)17-8-4-7-16-3/h5-6,9-10,16H,4,7-8H2,1-3H3,(H,17,18). The predicted octanol–water partition coefficient (Wildman–Crippen LogP) is 2.58. The molecule has 0 aliphatic rings. The fourth-order valence-electron chi connectivity index (χ4n) is 1.60. The molecule has 5 heteroatoms. The smallest absolute Gasteiger partial charge is 0.255 e. The molecule has 19 heavy (non-hydrogen) atoms. The minimum atomic E-state index is -0.0979. The summed E-state index contributed by atoms with van der Waals surface area (Å²) in [4.78, 5) is 12.1. The molecule has 106 valence electrons. The van der Waals surface area contributed by atoms with Gasteiger partial charge in [-0.2, -0.15) is 0 Å². The number of ether oxygens (including phenoxy) is 1. The van der Waals surface area contributed by atoms with Gasteiger partial charge in [-0.05, 0) is 52.1 Å². The lowest BCUT2D eigenvalue weighted by atomic mass is 10.2. The fourth-order valence-corrected chi connectivity index (χ4v) is 1.94. The number of hydrogen-bond acceptors (Lipinski definition) is 3. The molecular weight excluding hydrogens is 308 g/mol. The number of hydrogen-bond donors (Lipinski definition) is 2. The highest BCUT2D eigenvalue weighted by molar-refractivity contribution is 9.10. The van der Waals surface area contributed by atoms with E-state index in [1.807, 2.05) is 33.0 Å². The summed E-state index contributed by atoms with van der Waals surface area (Å²) in [7, 11) is 1.89. The van der Waals surface area contributed by atoms with E-state index in [-0.39, 0.29) is 12.0 Å². The van der Waals surface area contributed by atoms with Gasteiger partial charge in [-0.3, -0.25) is 4.79 Å². The number of nitrogens with one attached hydrogen (secondary N) is 2. The molecule has 1 amide bonds. The Morgan fingerprint density at radius 3 is 2.74 bits per heavy atom. The van der Waals surface area contributed by atoms with Crippen molar-refractivity contribution in [2.45, 2.75) is 26.4 Å². The van der Waals surface area contributed by atoms with Crippen molar-refractivity contribution in [3.05, 3.63) is 28.2 Å². The SMILES string of the molecule is CNCCCNC(=O)c1ccc(Br)cc1OC(C)C. The van der Waals surface area contributed by atoms with Crippen LogP contribution in [-0.2, 0) is 0 Å². The first-order chi connectivity index (χ1) is 9.04. The van der Waals surface area contributed by atoms with Crippen LogP contribution >= 0.6 is 15.9 Å². The zero-order valence-corrected chi connectivity index (χ0v) is 13.2. The minimum absolute atomic E-state index is 0.0325. The zero-order valence-electron chi connectivity index (χ0n) is 11.6. The summed E-state index contributed by atoms with van der Waals surface area (Å²) >= 11 is 3.39. The second-order valence-electron chi connectivity index (χ2n) is 4.52. The number of benzene rings is 1. The molecule has 0 radical (unpaired) electrons. The third-order valence-corrected chi connectivity index (χ3v) is 2.93. The largest absolute Gasteiger partial charge is 0.490 e. The molecule has 0 unspecified atom stereocenters. The molecule has 0 saturated heterocycles. The summed E-state index contributed by atoms with van der Waals surface area (Å²) in [6.45, 7) is 5.41. The van der Waals surface area contributed by atoms with E-state index in [1.165, 1.54) is 0 Å². The lowest BCUT2D eigenvalue weighted by molar-refractivity contribution is 0.0947. The summed E-state index contributed by atoms with van der Waals surface area (Å²) < 4.78 is 6.57. The van der Waals surface area contributed by atoms with Crippen molar-refractivity contribution >= 4 is 21.8 Å². The maximum atomic E-state index is 12.1. The average molecular weight is 329 g/mol. The third kappa shape index (κ3) is 5.61. The molecule has 0 heterocycles. The molecule has 0 aromatic heterocycles. The minimum Gasteiger partial charge on any atom is -0.490 e. The van der Waals surface area contributed by atoms with Gasteiger partial charge in [0.1, 0.15) is 5.75 Å². The fraction of sp³-hybridized carbons (Fsp3) is 0.500. The van der Waals surface area contributed by atoms with Crippen LogP contribution in [0.25, 0.3) is 0 Å². The van der Waals surface area contributed by atoms with Gasteiger partial charge >= 0.3 is 0 Å². The summed E-state index contributed by atoms with van der Waals surface area (Å²) in [5.74, 6) is 0.509. The first kappa shape index (κ1) is 16.0. The quantitative estimate of drug-likeness (QED) is 0.756. The van der Waals surface area contributed by atoms with Crippen LogP contribution in [-0.4, -0.2) is 32.1 Å². The van der Waals surface area contributed by atoms with Crippen LogP contribution < -0.4 is 15.4 Å². The lowest BCUT2D eigenvalue weighted by Gasteiger charge is -2.14. The highest BCUT2D eigenvalue weighted by Crippen LogP contribution is 2.24. The van der Waals surface area contributed by atoms with E-state index in [0.717, 1.165) is 17.4 Å². The zero-order chi connectivity index (χ0) is 14.3. The van der Waals surface area contributed by atoms with Crippen molar-refractivity contribution in [3.8, 4) is 5.75 Å². The molecule has 1 aromatic rings. The van der Waals surface area contributed by atoms with E-state index in [4.69, 9.17) is 4.74 Å². The number of halogens is 1. The van der Waals surface area contributed by atoms with Crippen LogP contribution in [0.15, 0.2) is 22.7 Å². The molecule has 0 aliphatic heterocycles. The molecule has 1 aromatic carbocycles. The van der Waals surface area contributed by atoms with Gasteiger partial charge in [0.25, 0.3) is 5.91 Å². The van der Waals surface area contributed by atoms with Gasteiger partial charge in [-0.1, -0.05) is 15.9 Å². The van der Waals surface area contributed by atoms with Crippen LogP contribution in [0.5, 0.6) is 5.75 Å². The van der Waals surface area contributed by atoms with Crippen molar-refractivity contribution < 1.29 is 9.53 Å². The van der Waals surface area contributed by atoms with Crippen LogP contribution in [0.4, 0.5) is 0 Å². The van der Waals surface area contributed by atoms with E-state index in [9.17, 15) is 4.79 Å². The molecule has 0 fully saturated rings. The third-order valence-electron chi connectivity index (χ3n) is 2.44. The number of rotatable bonds is 7. The van der Waals surface area contributed by atoms with Gasteiger partial charge in [0.05, 0.1) is 11.7 Å². The molecule has 0 spiro atoms. The summed E-state index contributed by atoms with van der Waals surface area (Å²) in [5.41, 5.74) is 0.571. The van der Waals surface area contributed by atoms with E-state index >= 15 is 0 Å². The van der Waals surface area contributed by atoms with E-state index in [2.05, 4.69) is 26.6 Å². The van der Waals surface area contributed by atoms with Crippen LogP contribution in [0.1, 0.15) is 30.6 Å². The van der Waals surface area contributed by atoms with Gasteiger partial charge in [0.2, 0.25) is 0 Å². The molecular formula is C14H21BrN2O2. The van der Waals surface area contributed by atoms with E-state index in [1.54, 1.807) is 6.07 Å². The summed E-state index contributed by atoms with van der Waals surface area (Å²) in [6, 6.07) is 5.44. The molecule has 2 N–H and O–H groups in total. The lowest BCUT2D eigenvalue weighted by Crippen LogP contribution is -2.27. The Balaban J connectivity index is 2.72. The predicted molar refractivity (Wildman–Crippen MR) is 80.8 cm³/mol. The molecule has 0 aliphatic carbocycles. The van der Waals surface area contributed by atoms with Crippen LogP contribution in [0.3, 0.4) is 0 Å². The topological polar surface area (TPSA) is 50.4 Å². The highest BCUT2D eigenvalue weighted by atomic mass is 79.9. The number of carbonyl (C=O) groups is 1. The van der Waals surface area contributed by atoms with Gasteiger partial charge in [-0.15, -0.1) is 0 Å². The maximum Gasteiger partial charge on any atom is 0.255 e. The van der Waals surface area contributed by atoms with E-state index in [0.29, 0.717) is 17.9 Å². The Bertz CT molecular complexity index is 422. The number of carbonyl (C=O) groups excluding carboxylic acids is 1. The van der Waals surface area contributed by atoms with Crippen molar-refractivity contribution in [2.75, 3.05) is 20.1 Å². The van der Waals surface area contributed by atoms with Crippen molar-refractivity contribution in [3.63, 3.8) is 0 Å². The van der Waals surface area contributed by atoms with Crippen molar-refractivity contribution in [1.82, 2.24) is 10.6 Å². The summed E-state index contributed by atoms with van der Waals surface area (Å²) in [6.07, 6.45) is 0.934. The Morgan fingerprint density at radius 2 is 2.11 bits per heavy atom. The van der Waals surface area contributed by atoms with Crippen LogP contribution in [0.2, 0.25) is 0 Å². The second kappa shape index (κ2) is 8.17. The first-order valence-corrected chi connectivity index (χ1v) is 7.23. The highest BCUT2D eigenvalue weighted by Gasteiger charge is 2.13. The molecule has 0 saturated carbocycles. The Labute approximate surface area is 123 Å². The summed E-state index contributed by atoms with van der Waals surface area (Å²) in [5, 5.41) is 5.94. The van der Waals surface area contributed by atoms with Gasteiger partial charge in [0, 0.05) is 11.0 Å². The van der Waals surface area contributed by atoms with Gasteiger partial charge in [-0.25, -0.2) is 0 Å². The monoisotopic (exact) mass is 328 g/mol. The van der Waals surface area contributed by atoms with Gasteiger partial charge < -0.3 is 15.4 Å². The molecule has 0 bridgehead atoms. The molecule has 0 atom stereocenters.